The van der Waals surface area contributed by atoms with Crippen LogP contribution in [0.25, 0.3) is 16.7 Å². The van der Waals surface area contributed by atoms with Gasteiger partial charge >= 0.3 is 0 Å². The molecule has 0 bridgehead atoms. The number of carbonyl (C=O) groups is 1. The van der Waals surface area contributed by atoms with Crippen LogP contribution in [0.3, 0.4) is 0 Å². The molecule has 4 rings (SSSR count). The highest BCUT2D eigenvalue weighted by molar-refractivity contribution is 6.05. The molecule has 0 fully saturated rings. The first-order valence-corrected chi connectivity index (χ1v) is 9.83. The minimum atomic E-state index is -0.540. The highest BCUT2D eigenvalue weighted by Gasteiger charge is 2.20. The van der Waals surface area contributed by atoms with Crippen LogP contribution in [0, 0.1) is 35.3 Å². The number of nitrogens with one attached hydrogen (secondary N) is 1. The molecular weight excluding hydrogens is 424 g/mol. The van der Waals surface area contributed by atoms with Gasteiger partial charge in [-0.2, -0.15) is 15.0 Å². The van der Waals surface area contributed by atoms with Gasteiger partial charge in [-0.25, -0.2) is 4.98 Å². The summed E-state index contributed by atoms with van der Waals surface area (Å²) < 4.78 is 6.80. The van der Waals surface area contributed by atoms with Crippen LogP contribution in [-0.4, -0.2) is 32.7 Å². The molecule has 1 N–H and O–H groups in total. The van der Waals surface area contributed by atoms with E-state index in [1.807, 2.05) is 25.1 Å². The van der Waals surface area contributed by atoms with Crippen molar-refractivity contribution in [1.82, 2.24) is 14.8 Å². The fourth-order valence-corrected chi connectivity index (χ4v) is 3.55. The zero-order valence-corrected chi connectivity index (χ0v) is 18.0. The van der Waals surface area contributed by atoms with Crippen LogP contribution in [0.2, 0.25) is 0 Å². The lowest BCUT2D eigenvalue weighted by molar-refractivity contribution is -0.385. The number of nitrogens with zero attached hydrogens (tertiary/aromatic N) is 5. The van der Waals surface area contributed by atoms with Crippen LogP contribution in [0.15, 0.2) is 48.7 Å². The third-order valence-corrected chi connectivity index (χ3v) is 5.21. The molecule has 0 aliphatic carbocycles. The van der Waals surface area contributed by atoms with Crippen molar-refractivity contribution >= 4 is 28.3 Å². The number of fused-ring (bicyclic) bond motifs is 1. The van der Waals surface area contributed by atoms with Gasteiger partial charge in [-0.15, -0.1) is 0 Å². The van der Waals surface area contributed by atoms with Crippen molar-refractivity contribution in [3.05, 3.63) is 81.0 Å². The van der Waals surface area contributed by atoms with Crippen molar-refractivity contribution < 1.29 is 14.5 Å². The number of nitro groups is 1. The standard InChI is InChI=1S/C23H18N6O4/c1-13-10-20(26-21-17(13)5-4-6-19(21)33-3)28-22(16(11-24)12-25-28)27-23(30)15-7-8-18(29(31)32)14(2)9-15/h4-10,12H,1-3H3,(H,27,30). The number of ether oxygens (including phenoxy) is 1. The quantitative estimate of drug-likeness (QED) is 0.363. The van der Waals surface area contributed by atoms with Crippen LogP contribution in [-0.2, 0) is 0 Å². The number of benzene rings is 2. The van der Waals surface area contributed by atoms with Crippen LogP contribution in [0.1, 0.15) is 27.0 Å². The molecule has 10 nitrogen and oxygen atoms in total. The normalized spacial score (nSPS) is 10.6. The van der Waals surface area contributed by atoms with Crippen molar-refractivity contribution in [2.75, 3.05) is 12.4 Å². The topological polar surface area (TPSA) is 136 Å². The lowest BCUT2D eigenvalue weighted by Crippen LogP contribution is -2.17. The summed E-state index contributed by atoms with van der Waals surface area (Å²) in [5, 5.41) is 28.4. The molecule has 0 saturated heterocycles. The Balaban J connectivity index is 1.78. The van der Waals surface area contributed by atoms with Crippen molar-refractivity contribution in [3.8, 4) is 17.6 Å². The highest BCUT2D eigenvalue weighted by atomic mass is 16.6. The minimum absolute atomic E-state index is 0.0842. The summed E-state index contributed by atoms with van der Waals surface area (Å²) in [6.07, 6.45) is 1.33. The maximum Gasteiger partial charge on any atom is 0.272 e. The second-order valence-electron chi connectivity index (χ2n) is 7.30. The Labute approximate surface area is 188 Å². The molecule has 0 aliphatic heterocycles. The van der Waals surface area contributed by atoms with E-state index in [2.05, 4.69) is 15.4 Å². The van der Waals surface area contributed by atoms with Crippen molar-refractivity contribution in [1.29, 1.82) is 5.26 Å². The molecule has 0 atom stereocenters. The van der Waals surface area contributed by atoms with Crippen LogP contribution >= 0.6 is 0 Å². The van der Waals surface area contributed by atoms with E-state index < -0.39 is 10.8 Å². The molecule has 10 heteroatoms. The van der Waals surface area contributed by atoms with E-state index in [9.17, 15) is 20.2 Å². The van der Waals surface area contributed by atoms with Crippen LogP contribution in [0.4, 0.5) is 11.5 Å². The number of nitriles is 1. The first-order chi connectivity index (χ1) is 15.8. The summed E-state index contributed by atoms with van der Waals surface area (Å²) in [6, 6.07) is 13.4. The Morgan fingerprint density at radius 3 is 2.67 bits per heavy atom. The van der Waals surface area contributed by atoms with E-state index in [1.165, 1.54) is 29.1 Å². The molecule has 0 aliphatic rings. The largest absolute Gasteiger partial charge is 0.494 e. The first kappa shape index (κ1) is 21.5. The number of para-hydroxylation sites is 1. The predicted octanol–water partition coefficient (Wildman–Crippen LogP) is 4.08. The van der Waals surface area contributed by atoms with Crippen molar-refractivity contribution in [2.45, 2.75) is 13.8 Å². The molecule has 0 spiro atoms. The summed E-state index contributed by atoms with van der Waals surface area (Å²) >= 11 is 0. The lowest BCUT2D eigenvalue weighted by atomic mass is 10.1. The third-order valence-electron chi connectivity index (χ3n) is 5.21. The molecule has 164 valence electrons. The Morgan fingerprint density at radius 1 is 1.21 bits per heavy atom. The van der Waals surface area contributed by atoms with Crippen LogP contribution in [0.5, 0.6) is 5.75 Å². The Kier molecular flexibility index (Phi) is 5.46. The Bertz CT molecular complexity index is 1470. The molecule has 2 aromatic carbocycles. The van der Waals surface area contributed by atoms with E-state index in [1.54, 1.807) is 26.2 Å². The zero-order chi connectivity index (χ0) is 23.7. The number of anilines is 1. The average Bonchev–Trinajstić information content (AvgIpc) is 3.20. The molecule has 0 unspecified atom stereocenters. The lowest BCUT2D eigenvalue weighted by Gasteiger charge is -2.13. The number of hydrogen-bond acceptors (Lipinski definition) is 7. The maximum atomic E-state index is 12.9. The van der Waals surface area contributed by atoms with Gasteiger partial charge in [0.15, 0.2) is 11.6 Å². The fourth-order valence-electron chi connectivity index (χ4n) is 3.55. The van der Waals surface area contributed by atoms with Gasteiger partial charge in [0, 0.05) is 22.6 Å². The first-order valence-electron chi connectivity index (χ1n) is 9.83. The van der Waals surface area contributed by atoms with Gasteiger partial charge in [-0.3, -0.25) is 14.9 Å². The number of rotatable bonds is 5. The number of pyridine rings is 1. The van der Waals surface area contributed by atoms with Gasteiger partial charge in [-0.1, -0.05) is 12.1 Å². The number of methoxy groups -OCH3 is 1. The molecule has 2 heterocycles. The van der Waals surface area contributed by atoms with Gasteiger partial charge in [0.05, 0.1) is 18.2 Å². The number of amides is 1. The zero-order valence-electron chi connectivity index (χ0n) is 18.0. The van der Waals surface area contributed by atoms with E-state index in [-0.39, 0.29) is 22.6 Å². The second-order valence-corrected chi connectivity index (χ2v) is 7.30. The number of hydrogen-bond donors (Lipinski definition) is 1. The maximum absolute atomic E-state index is 12.9. The summed E-state index contributed by atoms with van der Waals surface area (Å²) in [4.78, 5) is 28.1. The molecular formula is C23H18N6O4. The number of aromatic nitrogens is 3. The van der Waals surface area contributed by atoms with Gasteiger partial charge < -0.3 is 10.1 Å². The monoisotopic (exact) mass is 442 g/mol. The number of carbonyl (C=O) groups excluding carboxylic acids is 1. The van der Waals surface area contributed by atoms with Gasteiger partial charge in [0.2, 0.25) is 0 Å². The Morgan fingerprint density at radius 2 is 2.00 bits per heavy atom. The number of nitro benzene ring substituents is 1. The average molecular weight is 442 g/mol. The van der Waals surface area contributed by atoms with Crippen molar-refractivity contribution in [2.24, 2.45) is 0 Å². The molecule has 4 aromatic rings. The summed E-state index contributed by atoms with van der Waals surface area (Å²) in [5.74, 6) is 0.569. The third kappa shape index (κ3) is 3.83. The second kappa shape index (κ2) is 8.39. The predicted molar refractivity (Wildman–Crippen MR) is 121 cm³/mol. The highest BCUT2D eigenvalue weighted by Crippen LogP contribution is 2.29. The SMILES string of the molecule is COc1cccc2c(C)cc(-n3ncc(C#N)c3NC(=O)c3ccc([N+](=O)[O-])c(C)c3)nc12. The van der Waals surface area contributed by atoms with E-state index in [0.717, 1.165) is 10.9 Å². The van der Waals surface area contributed by atoms with Gasteiger partial charge in [-0.05, 0) is 43.7 Å². The van der Waals surface area contributed by atoms with E-state index in [0.29, 0.717) is 22.6 Å². The van der Waals surface area contributed by atoms with Gasteiger partial charge in [0.1, 0.15) is 22.9 Å². The summed E-state index contributed by atoms with van der Waals surface area (Å²) in [6.45, 7) is 3.47. The molecule has 1 amide bonds. The molecule has 0 radical (unpaired) electrons. The molecule has 33 heavy (non-hydrogen) atoms. The fraction of sp³-hybridized carbons (Fsp3) is 0.130. The summed E-state index contributed by atoms with van der Waals surface area (Å²) in [5.41, 5.74) is 2.14. The molecule has 2 aromatic heterocycles. The van der Waals surface area contributed by atoms with E-state index in [4.69, 9.17) is 4.74 Å². The molecule has 0 saturated carbocycles. The van der Waals surface area contributed by atoms with Crippen molar-refractivity contribution in [3.63, 3.8) is 0 Å². The smallest absolute Gasteiger partial charge is 0.272 e. The van der Waals surface area contributed by atoms with Crippen LogP contribution < -0.4 is 10.1 Å². The number of aryl methyl sites for hydroxylation is 2. The van der Waals surface area contributed by atoms with E-state index >= 15 is 0 Å². The Hall–Kier alpha value is -4.78. The summed E-state index contributed by atoms with van der Waals surface area (Å²) in [7, 11) is 1.55. The van der Waals surface area contributed by atoms with Gasteiger partial charge in [0.25, 0.3) is 11.6 Å². The minimum Gasteiger partial charge on any atom is -0.494 e.